The van der Waals surface area contributed by atoms with E-state index in [1.807, 2.05) is 0 Å². The van der Waals surface area contributed by atoms with Crippen molar-refractivity contribution in [2.75, 3.05) is 13.7 Å². The zero-order valence-electron chi connectivity index (χ0n) is 10.9. The number of halogens is 2. The molecule has 0 aliphatic rings. The average molecular weight is 299 g/mol. The highest BCUT2D eigenvalue weighted by Gasteiger charge is 2.13. The fraction of sp³-hybridized carbons (Fsp3) is 0.250. The largest absolute Gasteiger partial charge is 0.484 e. The predicted octanol–water partition coefficient (Wildman–Crippen LogP) is 0.678. The minimum Gasteiger partial charge on any atom is -0.484 e. The summed E-state index contributed by atoms with van der Waals surface area (Å²) in [5.74, 6) is -3.00. The van der Waals surface area contributed by atoms with Crippen LogP contribution in [0.1, 0.15) is 5.82 Å². The Labute approximate surface area is 117 Å². The molecule has 112 valence electrons. The van der Waals surface area contributed by atoms with Crippen molar-refractivity contribution < 1.29 is 22.8 Å². The zero-order chi connectivity index (χ0) is 15.4. The summed E-state index contributed by atoms with van der Waals surface area (Å²) in [5.41, 5.74) is 0. The molecule has 0 bridgehead atoms. The molecule has 1 aromatic heterocycles. The number of nitrogens with zero attached hydrogens (tertiary/aromatic N) is 2. The summed E-state index contributed by atoms with van der Waals surface area (Å²) in [6.45, 7) is -0.352. The van der Waals surface area contributed by atoms with E-state index in [9.17, 15) is 18.4 Å². The van der Waals surface area contributed by atoms with E-state index in [4.69, 9.17) is 4.74 Å². The highest BCUT2D eigenvalue weighted by molar-refractivity contribution is 5.77. The molecule has 0 unspecified atom stereocenters. The van der Waals surface area contributed by atoms with E-state index in [0.29, 0.717) is 0 Å². The number of aromatic nitrogens is 2. The van der Waals surface area contributed by atoms with Gasteiger partial charge in [-0.15, -0.1) is 0 Å². The quantitative estimate of drug-likeness (QED) is 0.877. The Bertz CT molecular complexity index is 698. The van der Waals surface area contributed by atoms with Gasteiger partial charge in [0, 0.05) is 13.1 Å². The number of likely N-dealkylation sites (N-methyl/N-ethyl adjacent to an activating group) is 1. The molecule has 0 fully saturated rings. The van der Waals surface area contributed by atoms with E-state index >= 15 is 0 Å². The third-order valence-corrected chi connectivity index (χ3v) is 2.55. The number of hydrogen-bond donors (Lipinski definition) is 1. The van der Waals surface area contributed by atoms with Crippen LogP contribution in [0.3, 0.4) is 0 Å². The molecule has 1 amide bonds. The first-order chi connectivity index (χ1) is 9.95. The minimum atomic E-state index is -1.06. The van der Waals surface area contributed by atoms with Crippen LogP contribution in [-0.4, -0.2) is 34.6 Å². The molecule has 0 atom stereocenters. The summed E-state index contributed by atoms with van der Waals surface area (Å²) < 4.78 is 35.0. The lowest BCUT2D eigenvalue weighted by atomic mass is 10.3. The summed E-state index contributed by atoms with van der Waals surface area (Å²) in [7, 11) is 1.46. The Balaban J connectivity index is 1.88. The Hall–Kier alpha value is -2.71. The van der Waals surface area contributed by atoms with Gasteiger partial charge in [0.2, 0.25) is 0 Å². The molecule has 0 saturated heterocycles. The predicted molar refractivity (Wildman–Crippen MR) is 65.5 cm³/mol. The smallest absolute Gasteiger partial charge is 0.438 e. The van der Waals surface area contributed by atoms with Gasteiger partial charge in [-0.05, 0) is 12.1 Å². The van der Waals surface area contributed by atoms with Crippen LogP contribution in [0.25, 0.3) is 0 Å². The van der Waals surface area contributed by atoms with Crippen LogP contribution in [0.2, 0.25) is 0 Å². The number of rotatable bonds is 5. The third-order valence-electron chi connectivity index (χ3n) is 2.55. The van der Waals surface area contributed by atoms with Gasteiger partial charge in [-0.3, -0.25) is 14.3 Å². The molecule has 9 heteroatoms. The van der Waals surface area contributed by atoms with Crippen molar-refractivity contribution >= 4 is 5.91 Å². The zero-order valence-corrected chi connectivity index (χ0v) is 10.9. The molecular weight excluding hydrogens is 288 g/mol. The normalized spacial score (nSPS) is 10.4. The van der Waals surface area contributed by atoms with Gasteiger partial charge in [-0.2, -0.15) is 0 Å². The topological polar surface area (TPSA) is 88.4 Å². The number of hydrogen-bond acceptors (Lipinski definition) is 5. The van der Waals surface area contributed by atoms with Gasteiger partial charge in [0.15, 0.2) is 24.1 Å². The van der Waals surface area contributed by atoms with Crippen LogP contribution in [0.15, 0.2) is 27.5 Å². The van der Waals surface area contributed by atoms with Crippen molar-refractivity contribution in [3.63, 3.8) is 0 Å². The van der Waals surface area contributed by atoms with Gasteiger partial charge >= 0.3 is 5.76 Å². The Morgan fingerprint density at radius 1 is 1.43 bits per heavy atom. The molecule has 2 aromatic rings. The summed E-state index contributed by atoms with van der Waals surface area (Å²) in [6, 6.07) is 2.96. The molecule has 0 radical (unpaired) electrons. The maximum Gasteiger partial charge on any atom is 0.438 e. The fourth-order valence-corrected chi connectivity index (χ4v) is 1.46. The van der Waals surface area contributed by atoms with Crippen LogP contribution < -0.4 is 10.5 Å². The van der Waals surface area contributed by atoms with Gasteiger partial charge in [0.1, 0.15) is 5.75 Å². The maximum absolute atomic E-state index is 12.9. The number of benzene rings is 1. The number of nitrogens with one attached hydrogen (secondary N) is 1. The molecule has 7 nitrogen and oxygen atoms in total. The molecule has 0 spiro atoms. The van der Waals surface area contributed by atoms with Crippen molar-refractivity contribution in [3.8, 4) is 5.75 Å². The molecule has 0 aliphatic carbocycles. The van der Waals surface area contributed by atoms with Crippen molar-refractivity contribution in [1.29, 1.82) is 0 Å². The standard InChI is InChI=1S/C12H11F2N3O4/c1-17(5-10-15-12(19)21-16-10)11(18)6-20-7-2-3-8(13)9(14)4-7/h2-4H,5-6H2,1H3,(H,15,16,19). The number of ether oxygens (including phenoxy) is 1. The lowest BCUT2D eigenvalue weighted by Gasteiger charge is -2.15. The molecule has 21 heavy (non-hydrogen) atoms. The number of aromatic amines is 1. The average Bonchev–Trinajstić information content (AvgIpc) is 2.85. The number of H-pyrrole nitrogens is 1. The van der Waals surface area contributed by atoms with E-state index in [1.54, 1.807) is 0 Å². The summed E-state index contributed by atoms with van der Waals surface area (Å²) in [4.78, 5) is 26.0. The first-order valence-electron chi connectivity index (χ1n) is 5.82. The molecular formula is C12H11F2N3O4. The van der Waals surface area contributed by atoms with Crippen LogP contribution in [0.4, 0.5) is 8.78 Å². The molecule has 1 N–H and O–H groups in total. The third kappa shape index (κ3) is 3.88. The monoisotopic (exact) mass is 299 g/mol. The van der Waals surface area contributed by atoms with E-state index in [1.165, 1.54) is 18.0 Å². The summed E-state index contributed by atoms with van der Waals surface area (Å²) in [5, 5.41) is 3.41. The van der Waals surface area contributed by atoms with Crippen molar-refractivity contribution in [1.82, 2.24) is 15.0 Å². The lowest BCUT2D eigenvalue weighted by Crippen LogP contribution is -2.31. The highest BCUT2D eigenvalue weighted by Crippen LogP contribution is 2.15. The van der Waals surface area contributed by atoms with Crippen LogP contribution in [0, 0.1) is 11.6 Å². The number of carbonyl (C=O) groups excluding carboxylic acids is 1. The lowest BCUT2D eigenvalue weighted by molar-refractivity contribution is -0.132. The van der Waals surface area contributed by atoms with Gasteiger partial charge in [0.25, 0.3) is 5.91 Å². The van der Waals surface area contributed by atoms with Crippen molar-refractivity contribution in [3.05, 3.63) is 46.2 Å². The Morgan fingerprint density at radius 2 is 2.19 bits per heavy atom. The van der Waals surface area contributed by atoms with E-state index in [-0.39, 0.29) is 24.7 Å². The second kappa shape index (κ2) is 6.16. The van der Waals surface area contributed by atoms with E-state index in [0.717, 1.165) is 12.1 Å². The second-order valence-corrected chi connectivity index (χ2v) is 4.16. The van der Waals surface area contributed by atoms with Gasteiger partial charge < -0.3 is 9.64 Å². The molecule has 1 aromatic carbocycles. The van der Waals surface area contributed by atoms with Crippen molar-refractivity contribution in [2.24, 2.45) is 0 Å². The van der Waals surface area contributed by atoms with Crippen LogP contribution in [-0.2, 0) is 11.3 Å². The molecule has 1 heterocycles. The first kappa shape index (κ1) is 14.7. The molecule has 0 aliphatic heterocycles. The van der Waals surface area contributed by atoms with Gasteiger partial charge in [0.05, 0.1) is 6.54 Å². The van der Waals surface area contributed by atoms with Crippen LogP contribution >= 0.6 is 0 Å². The van der Waals surface area contributed by atoms with Crippen LogP contribution in [0.5, 0.6) is 5.75 Å². The minimum absolute atomic E-state index is 0.0196. The van der Waals surface area contributed by atoms with E-state index in [2.05, 4.69) is 14.7 Å². The Kier molecular flexibility index (Phi) is 4.31. The van der Waals surface area contributed by atoms with E-state index < -0.39 is 23.3 Å². The summed E-state index contributed by atoms with van der Waals surface area (Å²) in [6.07, 6.45) is 0. The van der Waals surface area contributed by atoms with Crippen molar-refractivity contribution in [2.45, 2.75) is 6.54 Å². The number of carbonyl (C=O) groups is 1. The second-order valence-electron chi connectivity index (χ2n) is 4.16. The molecule has 2 rings (SSSR count). The SMILES string of the molecule is CN(Cc1noc(=O)[nH]1)C(=O)COc1ccc(F)c(F)c1. The number of amides is 1. The van der Waals surface area contributed by atoms with Gasteiger partial charge in [-0.1, -0.05) is 5.16 Å². The first-order valence-corrected chi connectivity index (χ1v) is 5.82. The Morgan fingerprint density at radius 3 is 2.81 bits per heavy atom. The highest BCUT2D eigenvalue weighted by atomic mass is 19.2. The van der Waals surface area contributed by atoms with Gasteiger partial charge in [-0.25, -0.2) is 13.6 Å². The molecule has 0 saturated carbocycles. The maximum atomic E-state index is 12.9. The summed E-state index contributed by atoms with van der Waals surface area (Å²) >= 11 is 0. The fourth-order valence-electron chi connectivity index (χ4n) is 1.46.